The first kappa shape index (κ1) is 12.1. The van der Waals surface area contributed by atoms with Crippen LogP contribution in [0.25, 0.3) is 0 Å². The zero-order valence-electron chi connectivity index (χ0n) is 9.87. The van der Waals surface area contributed by atoms with Gasteiger partial charge in [0.2, 0.25) is 0 Å². The topological polar surface area (TPSA) is 49.8 Å². The highest BCUT2D eigenvalue weighted by molar-refractivity contribution is 5.76. The molecule has 0 unspecified atom stereocenters. The summed E-state index contributed by atoms with van der Waals surface area (Å²) >= 11 is 0. The first-order valence-electron chi connectivity index (χ1n) is 5.79. The Morgan fingerprint density at radius 1 is 1.47 bits per heavy atom. The van der Waals surface area contributed by atoms with Gasteiger partial charge >= 0.3 is 5.97 Å². The molecule has 1 aliphatic rings. The molecule has 2 atom stereocenters. The number of likely N-dealkylation sites (N-methyl/N-ethyl adjacent to an activating group) is 1. The molecule has 0 spiro atoms. The normalized spacial score (nSPS) is 22.4. The van der Waals surface area contributed by atoms with E-state index < -0.39 is 12.1 Å². The number of hydrogen-bond acceptors (Lipinski definition) is 4. The van der Waals surface area contributed by atoms with E-state index in [1.165, 1.54) is 0 Å². The van der Waals surface area contributed by atoms with Gasteiger partial charge in [-0.1, -0.05) is 30.3 Å². The monoisotopic (exact) mass is 235 g/mol. The molecule has 4 heteroatoms. The second-order valence-electron chi connectivity index (χ2n) is 4.42. The highest BCUT2D eigenvalue weighted by atomic mass is 16.6. The Bertz CT molecular complexity index is 380. The van der Waals surface area contributed by atoms with Crippen LogP contribution in [0.1, 0.15) is 18.1 Å². The predicted molar refractivity (Wildman–Crippen MR) is 63.4 cm³/mol. The van der Waals surface area contributed by atoms with Gasteiger partial charge in [-0.3, -0.25) is 0 Å². The van der Waals surface area contributed by atoms with Crippen LogP contribution in [0, 0.1) is 0 Å². The van der Waals surface area contributed by atoms with Gasteiger partial charge in [0.1, 0.15) is 6.10 Å². The largest absolute Gasteiger partial charge is 0.459 e. The first-order chi connectivity index (χ1) is 8.16. The van der Waals surface area contributed by atoms with Crippen molar-refractivity contribution in [2.75, 3.05) is 20.1 Å². The van der Waals surface area contributed by atoms with Crippen LogP contribution in [-0.2, 0) is 9.53 Å². The summed E-state index contributed by atoms with van der Waals surface area (Å²) in [6.45, 7) is 1.67. The van der Waals surface area contributed by atoms with E-state index in [2.05, 4.69) is 4.90 Å². The molecular formula is C13H17NO3. The smallest absolute Gasteiger partial charge is 0.339 e. The summed E-state index contributed by atoms with van der Waals surface area (Å²) in [5, 5.41) is 9.83. The van der Waals surface area contributed by atoms with Gasteiger partial charge in [-0.05, 0) is 19.0 Å². The van der Waals surface area contributed by atoms with Gasteiger partial charge in [0.05, 0.1) is 0 Å². The molecule has 0 amide bonds. The third kappa shape index (κ3) is 3.05. The average Bonchev–Trinajstić information content (AvgIpc) is 2.75. The van der Waals surface area contributed by atoms with Crippen LogP contribution >= 0.6 is 0 Å². The lowest BCUT2D eigenvalue weighted by Gasteiger charge is -2.15. The summed E-state index contributed by atoms with van der Waals surface area (Å²) in [7, 11) is 1.99. The average molecular weight is 235 g/mol. The maximum atomic E-state index is 11.7. The van der Waals surface area contributed by atoms with Gasteiger partial charge in [-0.2, -0.15) is 0 Å². The van der Waals surface area contributed by atoms with Crippen molar-refractivity contribution in [3.05, 3.63) is 35.9 Å². The van der Waals surface area contributed by atoms with Gasteiger partial charge in [0.25, 0.3) is 0 Å². The quantitative estimate of drug-likeness (QED) is 0.793. The van der Waals surface area contributed by atoms with Crippen molar-refractivity contribution in [1.82, 2.24) is 4.90 Å². The molecule has 1 aliphatic heterocycles. The molecule has 17 heavy (non-hydrogen) atoms. The van der Waals surface area contributed by atoms with Crippen LogP contribution in [-0.4, -0.2) is 42.2 Å². The van der Waals surface area contributed by atoms with E-state index >= 15 is 0 Å². The second kappa shape index (κ2) is 5.29. The van der Waals surface area contributed by atoms with E-state index in [1.54, 1.807) is 24.3 Å². The molecule has 1 aromatic carbocycles. The zero-order valence-corrected chi connectivity index (χ0v) is 9.87. The number of carbonyl (C=O) groups excluding carboxylic acids is 1. The number of carbonyl (C=O) groups is 1. The number of rotatable bonds is 3. The van der Waals surface area contributed by atoms with Crippen molar-refractivity contribution in [2.45, 2.75) is 18.6 Å². The number of ether oxygens (including phenoxy) is 1. The van der Waals surface area contributed by atoms with E-state index in [9.17, 15) is 9.90 Å². The minimum Gasteiger partial charge on any atom is -0.459 e. The summed E-state index contributed by atoms with van der Waals surface area (Å²) in [6, 6.07) is 8.84. The Labute approximate surface area is 101 Å². The highest BCUT2D eigenvalue weighted by Gasteiger charge is 2.26. The van der Waals surface area contributed by atoms with Crippen LogP contribution < -0.4 is 0 Å². The van der Waals surface area contributed by atoms with Gasteiger partial charge < -0.3 is 14.7 Å². The summed E-state index contributed by atoms with van der Waals surface area (Å²) in [5.74, 6) is -0.559. The number of nitrogens with zero attached hydrogens (tertiary/aromatic N) is 1. The maximum Gasteiger partial charge on any atom is 0.339 e. The van der Waals surface area contributed by atoms with E-state index in [0.29, 0.717) is 5.56 Å². The van der Waals surface area contributed by atoms with Crippen molar-refractivity contribution in [1.29, 1.82) is 0 Å². The van der Waals surface area contributed by atoms with E-state index in [1.807, 2.05) is 13.1 Å². The van der Waals surface area contributed by atoms with Crippen molar-refractivity contribution >= 4 is 5.97 Å². The summed E-state index contributed by atoms with van der Waals surface area (Å²) in [4.78, 5) is 13.8. The Balaban J connectivity index is 1.92. The van der Waals surface area contributed by atoms with Crippen molar-refractivity contribution in [2.24, 2.45) is 0 Å². The Morgan fingerprint density at radius 3 is 2.76 bits per heavy atom. The van der Waals surface area contributed by atoms with Gasteiger partial charge in [-0.15, -0.1) is 0 Å². The fraction of sp³-hybridized carbons (Fsp3) is 0.462. The Kier molecular flexibility index (Phi) is 3.76. The molecule has 1 heterocycles. The van der Waals surface area contributed by atoms with Crippen molar-refractivity contribution in [3.63, 3.8) is 0 Å². The minimum atomic E-state index is -1.18. The summed E-state index contributed by atoms with van der Waals surface area (Å²) in [5.41, 5.74) is 0.573. The number of hydrogen-bond donors (Lipinski definition) is 1. The van der Waals surface area contributed by atoms with E-state index in [-0.39, 0.29) is 6.10 Å². The van der Waals surface area contributed by atoms with Crippen LogP contribution in [0.4, 0.5) is 0 Å². The lowest BCUT2D eigenvalue weighted by atomic mass is 10.1. The Hall–Kier alpha value is -1.39. The molecule has 1 saturated heterocycles. The molecule has 4 nitrogen and oxygen atoms in total. The molecule has 1 fully saturated rings. The van der Waals surface area contributed by atoms with Gasteiger partial charge in [0.15, 0.2) is 6.10 Å². The molecular weight excluding hydrogens is 218 g/mol. The molecule has 0 saturated carbocycles. The van der Waals surface area contributed by atoms with Crippen LogP contribution in [0.3, 0.4) is 0 Å². The number of likely N-dealkylation sites (tertiary alicyclic amines) is 1. The van der Waals surface area contributed by atoms with Gasteiger partial charge in [-0.25, -0.2) is 4.79 Å². The highest BCUT2D eigenvalue weighted by Crippen LogP contribution is 2.17. The minimum absolute atomic E-state index is 0.0918. The summed E-state index contributed by atoms with van der Waals surface area (Å²) < 4.78 is 5.27. The molecule has 92 valence electrons. The van der Waals surface area contributed by atoms with Crippen LogP contribution in [0.2, 0.25) is 0 Å². The molecule has 0 aliphatic carbocycles. The molecule has 1 N–H and O–H groups in total. The molecule has 0 aromatic heterocycles. The fourth-order valence-corrected chi connectivity index (χ4v) is 1.99. The molecule has 1 aromatic rings. The third-order valence-corrected chi connectivity index (χ3v) is 2.97. The van der Waals surface area contributed by atoms with Crippen molar-refractivity contribution in [3.8, 4) is 0 Å². The zero-order chi connectivity index (χ0) is 12.3. The fourth-order valence-electron chi connectivity index (χ4n) is 1.99. The number of aliphatic hydroxyl groups excluding tert-OH is 1. The van der Waals surface area contributed by atoms with Crippen LogP contribution in [0.5, 0.6) is 0 Å². The maximum absolute atomic E-state index is 11.7. The van der Waals surface area contributed by atoms with E-state index in [4.69, 9.17) is 4.74 Å². The Morgan fingerprint density at radius 2 is 2.18 bits per heavy atom. The second-order valence-corrected chi connectivity index (χ2v) is 4.42. The standard InChI is InChI=1S/C13H17NO3/c1-14-8-7-11(9-14)17-13(16)12(15)10-5-3-2-4-6-10/h2-6,11-12,15H,7-9H2,1H3/t11-,12+/m0/s1. The lowest BCUT2D eigenvalue weighted by Crippen LogP contribution is -2.25. The molecule has 0 bridgehead atoms. The third-order valence-electron chi connectivity index (χ3n) is 2.97. The predicted octanol–water partition coefficient (Wildman–Crippen LogP) is 0.967. The molecule has 0 radical (unpaired) electrons. The first-order valence-corrected chi connectivity index (χ1v) is 5.79. The SMILES string of the molecule is CN1CC[C@H](OC(=O)[C@H](O)c2ccccc2)C1. The van der Waals surface area contributed by atoms with Crippen molar-refractivity contribution < 1.29 is 14.6 Å². The summed E-state index contributed by atoms with van der Waals surface area (Å²) in [6.07, 6.45) is -0.433. The van der Waals surface area contributed by atoms with Gasteiger partial charge in [0, 0.05) is 13.1 Å². The van der Waals surface area contributed by atoms with Crippen LogP contribution in [0.15, 0.2) is 30.3 Å². The van der Waals surface area contributed by atoms with E-state index in [0.717, 1.165) is 19.5 Å². The number of benzene rings is 1. The molecule has 2 rings (SSSR count). The number of aliphatic hydroxyl groups is 1. The number of esters is 1. The lowest BCUT2D eigenvalue weighted by molar-refractivity contribution is -0.158.